The van der Waals surface area contributed by atoms with Crippen molar-refractivity contribution >= 4 is 11.6 Å². The summed E-state index contributed by atoms with van der Waals surface area (Å²) in [5.74, 6) is 0.832. The number of carbonyl (C=O) groups is 1. The van der Waals surface area contributed by atoms with Crippen molar-refractivity contribution in [1.82, 2.24) is 4.90 Å². The largest absolute Gasteiger partial charge is 0.491 e. The Morgan fingerprint density at radius 2 is 1.92 bits per heavy atom. The van der Waals surface area contributed by atoms with Crippen LogP contribution in [0, 0.1) is 0 Å². The molecule has 128 valence electrons. The van der Waals surface area contributed by atoms with Crippen molar-refractivity contribution in [2.75, 3.05) is 13.2 Å². The lowest BCUT2D eigenvalue weighted by Crippen LogP contribution is -2.40. The summed E-state index contributed by atoms with van der Waals surface area (Å²) in [6.07, 6.45) is 0.743. The molecule has 0 saturated carbocycles. The molecule has 0 aromatic heterocycles. The van der Waals surface area contributed by atoms with Gasteiger partial charge in [0.25, 0.3) is 5.91 Å². The van der Waals surface area contributed by atoms with Crippen LogP contribution in [0.4, 0.5) is 0 Å². The van der Waals surface area contributed by atoms with Gasteiger partial charge in [-0.1, -0.05) is 53.7 Å². The summed E-state index contributed by atoms with van der Waals surface area (Å²) in [5.41, 5.74) is 3.11. The van der Waals surface area contributed by atoms with E-state index in [1.807, 2.05) is 42.5 Å². The molecule has 2 aliphatic rings. The lowest BCUT2D eigenvalue weighted by atomic mass is 10.0. The van der Waals surface area contributed by atoms with Gasteiger partial charge in [-0.15, -0.1) is 0 Å². The second-order valence-electron chi connectivity index (χ2n) is 6.33. The number of ether oxygens (including phenoxy) is 1. The Balaban J connectivity index is 1.39. The topological polar surface area (TPSA) is 51.1 Å². The van der Waals surface area contributed by atoms with E-state index in [2.05, 4.69) is 17.3 Å². The van der Waals surface area contributed by atoms with E-state index in [1.54, 1.807) is 4.90 Å². The van der Waals surface area contributed by atoms with Crippen LogP contribution in [0.1, 0.15) is 17.5 Å². The smallest absolute Gasteiger partial charge is 0.267 e. The van der Waals surface area contributed by atoms with Crippen LogP contribution in [-0.2, 0) is 22.6 Å². The molecule has 0 aliphatic carbocycles. The van der Waals surface area contributed by atoms with Crippen molar-refractivity contribution in [3.8, 4) is 5.75 Å². The number of para-hydroxylation sites is 1. The molecule has 0 unspecified atom stereocenters. The number of hydrogen-bond donors (Lipinski definition) is 0. The molecule has 2 aromatic rings. The molecule has 1 amide bonds. The zero-order valence-electron chi connectivity index (χ0n) is 13.9. The Morgan fingerprint density at radius 3 is 2.80 bits per heavy atom. The highest BCUT2D eigenvalue weighted by Crippen LogP contribution is 2.24. The van der Waals surface area contributed by atoms with Crippen LogP contribution >= 0.6 is 0 Å². The van der Waals surface area contributed by atoms with Crippen LogP contribution in [0.2, 0.25) is 0 Å². The molecule has 2 aliphatic heterocycles. The number of amides is 1. The highest BCUT2D eigenvalue weighted by molar-refractivity contribution is 5.94. The van der Waals surface area contributed by atoms with Crippen LogP contribution in [0.25, 0.3) is 0 Å². The highest BCUT2D eigenvalue weighted by atomic mass is 16.6. The molecule has 0 N–H and O–H groups in total. The van der Waals surface area contributed by atoms with Gasteiger partial charge in [0.05, 0.1) is 12.3 Å². The van der Waals surface area contributed by atoms with Crippen molar-refractivity contribution < 1.29 is 14.4 Å². The average molecular weight is 336 g/mol. The van der Waals surface area contributed by atoms with E-state index in [9.17, 15) is 4.79 Å². The maximum absolute atomic E-state index is 12.8. The number of carbonyl (C=O) groups excluding carboxylic acids is 1. The zero-order valence-corrected chi connectivity index (χ0v) is 13.9. The number of hydrogen-bond acceptors (Lipinski definition) is 4. The minimum Gasteiger partial charge on any atom is -0.491 e. The molecule has 2 aromatic carbocycles. The molecule has 0 bridgehead atoms. The van der Waals surface area contributed by atoms with E-state index < -0.39 is 6.10 Å². The Morgan fingerprint density at radius 1 is 1.12 bits per heavy atom. The van der Waals surface area contributed by atoms with Crippen molar-refractivity contribution in [1.29, 1.82) is 0 Å². The SMILES string of the molecule is O=C([C@H]1CC(Cc2ccccc2)=NO1)N1CCOc2ccccc2C1. The predicted molar refractivity (Wildman–Crippen MR) is 94.4 cm³/mol. The maximum atomic E-state index is 12.8. The maximum Gasteiger partial charge on any atom is 0.267 e. The Hall–Kier alpha value is -2.82. The lowest BCUT2D eigenvalue weighted by Gasteiger charge is -2.22. The molecule has 0 radical (unpaired) electrons. The third-order valence-electron chi connectivity index (χ3n) is 4.52. The molecular formula is C20H20N2O3. The third-order valence-corrected chi connectivity index (χ3v) is 4.52. The second kappa shape index (κ2) is 6.97. The Labute approximate surface area is 146 Å². The third kappa shape index (κ3) is 3.50. The van der Waals surface area contributed by atoms with E-state index in [0.717, 1.165) is 23.4 Å². The van der Waals surface area contributed by atoms with Crippen LogP contribution in [0.3, 0.4) is 0 Å². The minimum absolute atomic E-state index is 0.0212. The summed E-state index contributed by atoms with van der Waals surface area (Å²) in [4.78, 5) is 20.1. The van der Waals surface area contributed by atoms with E-state index in [4.69, 9.17) is 9.57 Å². The number of oxime groups is 1. The van der Waals surface area contributed by atoms with Crippen molar-refractivity contribution in [2.24, 2.45) is 5.16 Å². The van der Waals surface area contributed by atoms with Crippen LogP contribution in [0.15, 0.2) is 59.8 Å². The van der Waals surface area contributed by atoms with Crippen LogP contribution < -0.4 is 4.74 Å². The van der Waals surface area contributed by atoms with E-state index in [-0.39, 0.29) is 5.91 Å². The summed E-state index contributed by atoms with van der Waals surface area (Å²) < 4.78 is 5.73. The number of fused-ring (bicyclic) bond motifs is 1. The molecular weight excluding hydrogens is 316 g/mol. The minimum atomic E-state index is -0.524. The van der Waals surface area contributed by atoms with Gasteiger partial charge in [0, 0.05) is 24.9 Å². The van der Waals surface area contributed by atoms with Gasteiger partial charge < -0.3 is 14.5 Å². The standard InChI is InChI=1S/C20H20N2O3/c23-20(22-10-11-24-18-9-5-4-8-16(18)14-22)19-13-17(21-25-19)12-15-6-2-1-3-7-15/h1-9,19H,10-14H2/t19-/m1/s1. The molecule has 0 fully saturated rings. The first-order valence-electron chi connectivity index (χ1n) is 8.54. The first kappa shape index (κ1) is 15.7. The molecule has 0 saturated heterocycles. The molecule has 0 spiro atoms. The first-order valence-corrected chi connectivity index (χ1v) is 8.54. The van der Waals surface area contributed by atoms with E-state index >= 15 is 0 Å². The quantitative estimate of drug-likeness (QED) is 0.866. The van der Waals surface area contributed by atoms with Gasteiger partial charge in [-0.05, 0) is 11.6 Å². The van der Waals surface area contributed by atoms with E-state index in [0.29, 0.717) is 26.1 Å². The Bertz CT molecular complexity index is 789. The summed E-state index contributed by atoms with van der Waals surface area (Å²) in [7, 11) is 0. The molecule has 4 rings (SSSR count). The molecule has 1 atom stereocenters. The summed E-state index contributed by atoms with van der Waals surface area (Å²) in [6.45, 7) is 1.59. The monoisotopic (exact) mass is 336 g/mol. The summed E-state index contributed by atoms with van der Waals surface area (Å²) in [5, 5.41) is 4.13. The molecule has 5 heteroatoms. The predicted octanol–water partition coefficient (Wildman–Crippen LogP) is 2.80. The fourth-order valence-corrected chi connectivity index (χ4v) is 3.21. The number of rotatable bonds is 3. The first-order chi connectivity index (χ1) is 12.3. The fourth-order valence-electron chi connectivity index (χ4n) is 3.21. The van der Waals surface area contributed by atoms with Crippen LogP contribution in [-0.4, -0.2) is 35.8 Å². The van der Waals surface area contributed by atoms with Gasteiger partial charge >= 0.3 is 0 Å². The van der Waals surface area contributed by atoms with E-state index in [1.165, 1.54) is 5.56 Å². The van der Waals surface area contributed by atoms with Crippen molar-refractivity contribution in [3.63, 3.8) is 0 Å². The van der Waals surface area contributed by atoms with Crippen LogP contribution in [0.5, 0.6) is 5.75 Å². The van der Waals surface area contributed by atoms with Gasteiger partial charge in [0.15, 0.2) is 0 Å². The molecule has 5 nitrogen and oxygen atoms in total. The fraction of sp³-hybridized carbons (Fsp3) is 0.300. The highest BCUT2D eigenvalue weighted by Gasteiger charge is 2.32. The number of benzene rings is 2. The van der Waals surface area contributed by atoms with Gasteiger partial charge in [-0.2, -0.15) is 0 Å². The summed E-state index contributed by atoms with van der Waals surface area (Å²) in [6, 6.07) is 17.9. The normalized spacial score (nSPS) is 19.3. The average Bonchev–Trinajstić information content (AvgIpc) is 2.99. The lowest BCUT2D eigenvalue weighted by molar-refractivity contribution is -0.142. The van der Waals surface area contributed by atoms with Gasteiger partial charge in [-0.25, -0.2) is 0 Å². The van der Waals surface area contributed by atoms with Crippen molar-refractivity contribution in [2.45, 2.75) is 25.5 Å². The second-order valence-corrected chi connectivity index (χ2v) is 6.33. The molecule has 25 heavy (non-hydrogen) atoms. The van der Waals surface area contributed by atoms with Crippen molar-refractivity contribution in [3.05, 3.63) is 65.7 Å². The van der Waals surface area contributed by atoms with Gasteiger partial charge in [-0.3, -0.25) is 4.79 Å². The zero-order chi connectivity index (χ0) is 17.1. The Kier molecular flexibility index (Phi) is 4.37. The molecule has 2 heterocycles. The van der Waals surface area contributed by atoms with Gasteiger partial charge in [0.2, 0.25) is 6.10 Å². The number of nitrogens with zero attached hydrogens (tertiary/aromatic N) is 2. The van der Waals surface area contributed by atoms with Gasteiger partial charge in [0.1, 0.15) is 12.4 Å². The summed E-state index contributed by atoms with van der Waals surface area (Å²) >= 11 is 0.